The van der Waals surface area contributed by atoms with Crippen LogP contribution in [0.2, 0.25) is 5.02 Å². The van der Waals surface area contributed by atoms with Crippen LogP contribution in [-0.2, 0) is 13.0 Å². The number of benzene rings is 1. The molecule has 2 N–H and O–H groups in total. The summed E-state index contributed by atoms with van der Waals surface area (Å²) >= 11 is 6.41. The number of aromatic nitrogens is 3. The second-order valence-corrected chi connectivity index (χ2v) is 10.3. The molecule has 0 radical (unpaired) electrons. The summed E-state index contributed by atoms with van der Waals surface area (Å²) in [5, 5.41) is 6.86. The van der Waals surface area contributed by atoms with Gasteiger partial charge in [0.25, 0.3) is 0 Å². The van der Waals surface area contributed by atoms with Crippen molar-refractivity contribution in [3.05, 3.63) is 46.7 Å². The average molecular weight is 537 g/mol. The number of fused-ring (bicyclic) bond motifs is 1. The van der Waals surface area contributed by atoms with E-state index in [1.54, 1.807) is 32.7 Å². The Morgan fingerprint density at radius 3 is 2.49 bits per heavy atom. The number of rotatable bonds is 8. The molecule has 2 aromatic heterocycles. The van der Waals surface area contributed by atoms with Gasteiger partial charge in [0.15, 0.2) is 11.6 Å². The summed E-state index contributed by atoms with van der Waals surface area (Å²) < 4.78 is 16.8. The first-order valence-corrected chi connectivity index (χ1v) is 13.2. The second-order valence-electron chi connectivity index (χ2n) is 8.08. The maximum Gasteiger partial charge on any atom is 0.229 e. The van der Waals surface area contributed by atoms with Crippen molar-refractivity contribution < 1.29 is 14.0 Å². The van der Waals surface area contributed by atoms with E-state index in [4.69, 9.17) is 25.6 Å². The van der Waals surface area contributed by atoms with E-state index in [1.807, 2.05) is 13.3 Å². The number of pyridine rings is 1. The molecule has 9 nitrogen and oxygen atoms in total. The second kappa shape index (κ2) is 12.0. The van der Waals surface area contributed by atoms with Crippen molar-refractivity contribution in [2.24, 2.45) is 0 Å². The minimum absolute atomic E-state index is 0. The SMILES string of the molecule is COc1cc(OP(C)C)c(Nc2nc(Nc3cc4c(cc3OC)CCN(C)C4)ncc2Cl)cn1.P. The summed E-state index contributed by atoms with van der Waals surface area (Å²) in [5.41, 5.74) is 3.97. The normalized spacial score (nSPS) is 13.0. The van der Waals surface area contributed by atoms with E-state index in [0.29, 0.717) is 34.1 Å². The molecule has 4 rings (SSSR count). The maximum atomic E-state index is 6.41. The van der Waals surface area contributed by atoms with E-state index in [2.05, 4.69) is 49.7 Å². The van der Waals surface area contributed by atoms with Crippen molar-refractivity contribution in [2.75, 3.05) is 51.8 Å². The molecule has 1 aromatic carbocycles. The third kappa shape index (κ3) is 6.62. The topological polar surface area (TPSA) is 93.7 Å². The average Bonchev–Trinajstić information content (AvgIpc) is 2.81. The van der Waals surface area contributed by atoms with E-state index in [1.165, 1.54) is 11.1 Å². The van der Waals surface area contributed by atoms with Crippen LogP contribution in [0, 0.1) is 0 Å². The van der Waals surface area contributed by atoms with Crippen molar-refractivity contribution in [3.63, 3.8) is 0 Å². The molecule has 12 heteroatoms. The van der Waals surface area contributed by atoms with Crippen LogP contribution in [0.3, 0.4) is 0 Å². The molecule has 0 saturated heterocycles. The zero-order valence-corrected chi connectivity index (χ0v) is 23.6. The van der Waals surface area contributed by atoms with E-state index in [-0.39, 0.29) is 9.90 Å². The number of likely N-dealkylation sites (N-methyl/N-ethyl adjacent to an activating group) is 1. The van der Waals surface area contributed by atoms with Gasteiger partial charge in [-0.3, -0.25) is 0 Å². The molecule has 1 aliphatic heterocycles. The van der Waals surface area contributed by atoms with Crippen molar-refractivity contribution in [2.45, 2.75) is 13.0 Å². The highest BCUT2D eigenvalue weighted by molar-refractivity contribution is 7.51. The van der Waals surface area contributed by atoms with Gasteiger partial charge in [0.1, 0.15) is 16.5 Å². The first kappa shape index (κ1) is 27.2. The van der Waals surface area contributed by atoms with Gasteiger partial charge in [-0.05, 0) is 50.1 Å². The number of nitrogens with zero attached hydrogens (tertiary/aromatic N) is 4. The van der Waals surface area contributed by atoms with E-state index >= 15 is 0 Å². The standard InChI is InChI=1S/C23H28ClN6O3P.H3P/c1-30-7-6-14-9-19(31-2)17(8-15(14)13-30)28-23-26-11-16(24)22(29-23)27-18-12-25-21(32-3)10-20(18)33-34(4)5;/h8-12H,6-7,13H2,1-5H3,(H2,26,27,28,29);1H3. The molecule has 1 atom stereocenters. The van der Waals surface area contributed by atoms with Crippen LogP contribution in [0.15, 0.2) is 30.6 Å². The number of hydrogen-bond acceptors (Lipinski definition) is 9. The lowest BCUT2D eigenvalue weighted by molar-refractivity contribution is 0.312. The Bertz CT molecular complexity index is 1180. The largest absolute Gasteiger partial charge is 0.495 e. The highest BCUT2D eigenvalue weighted by Crippen LogP contribution is 2.39. The molecule has 3 heterocycles. The molecular formula is C23H31ClN6O3P2. The molecule has 188 valence electrons. The molecule has 0 fully saturated rings. The Labute approximate surface area is 215 Å². The molecule has 1 aliphatic rings. The van der Waals surface area contributed by atoms with Gasteiger partial charge in [-0.1, -0.05) is 11.6 Å². The van der Waals surface area contributed by atoms with Gasteiger partial charge in [-0.2, -0.15) is 14.9 Å². The summed E-state index contributed by atoms with van der Waals surface area (Å²) in [6.07, 6.45) is 4.16. The van der Waals surface area contributed by atoms with Gasteiger partial charge in [0.05, 0.1) is 40.4 Å². The summed E-state index contributed by atoms with van der Waals surface area (Å²) in [7, 11) is 4.67. The lowest BCUT2D eigenvalue weighted by Gasteiger charge is -2.26. The monoisotopic (exact) mass is 536 g/mol. The highest BCUT2D eigenvalue weighted by atomic mass is 35.5. The molecule has 0 amide bonds. The lowest BCUT2D eigenvalue weighted by atomic mass is 9.99. The first-order chi connectivity index (χ1) is 16.4. The minimum Gasteiger partial charge on any atom is -0.495 e. The van der Waals surface area contributed by atoms with Crippen LogP contribution in [0.5, 0.6) is 17.4 Å². The van der Waals surface area contributed by atoms with E-state index < -0.39 is 8.15 Å². The van der Waals surface area contributed by atoms with E-state index in [9.17, 15) is 0 Å². The van der Waals surface area contributed by atoms with Crippen molar-refractivity contribution >= 4 is 52.8 Å². The Hall–Kier alpha value is -2.44. The summed E-state index contributed by atoms with van der Waals surface area (Å²) in [6, 6.07) is 5.91. The lowest BCUT2D eigenvalue weighted by Crippen LogP contribution is -2.26. The van der Waals surface area contributed by atoms with Crippen molar-refractivity contribution in [1.29, 1.82) is 0 Å². The molecule has 0 spiro atoms. The fourth-order valence-electron chi connectivity index (χ4n) is 3.65. The Morgan fingerprint density at radius 1 is 0.971 bits per heavy atom. The third-order valence-electron chi connectivity index (χ3n) is 5.30. The predicted octanol–water partition coefficient (Wildman–Crippen LogP) is 5.11. The van der Waals surface area contributed by atoms with Crippen LogP contribution >= 0.6 is 29.6 Å². The van der Waals surface area contributed by atoms with Crippen LogP contribution in [0.4, 0.5) is 23.1 Å². The highest BCUT2D eigenvalue weighted by Gasteiger charge is 2.18. The Balaban J connectivity index is 0.00000342. The Morgan fingerprint density at radius 2 is 1.77 bits per heavy atom. The number of methoxy groups -OCH3 is 2. The summed E-state index contributed by atoms with van der Waals surface area (Å²) in [5.74, 6) is 2.60. The molecule has 3 aromatic rings. The summed E-state index contributed by atoms with van der Waals surface area (Å²) in [6.45, 7) is 5.93. The minimum atomic E-state index is -0.664. The third-order valence-corrected chi connectivity index (χ3v) is 6.14. The number of hydrogen-bond donors (Lipinski definition) is 2. The van der Waals surface area contributed by atoms with Crippen molar-refractivity contribution in [3.8, 4) is 17.4 Å². The molecule has 35 heavy (non-hydrogen) atoms. The maximum absolute atomic E-state index is 6.41. The smallest absolute Gasteiger partial charge is 0.229 e. The molecule has 1 unspecified atom stereocenters. The van der Waals surface area contributed by atoms with Gasteiger partial charge in [0.2, 0.25) is 11.8 Å². The molecule has 0 aliphatic carbocycles. The number of nitrogens with one attached hydrogen (secondary N) is 2. The predicted molar refractivity (Wildman–Crippen MR) is 148 cm³/mol. The van der Waals surface area contributed by atoms with Gasteiger partial charge in [0, 0.05) is 19.2 Å². The summed E-state index contributed by atoms with van der Waals surface area (Å²) in [4.78, 5) is 15.5. The van der Waals surface area contributed by atoms with Crippen molar-refractivity contribution in [1.82, 2.24) is 19.9 Å². The van der Waals surface area contributed by atoms with Crippen LogP contribution in [0.25, 0.3) is 0 Å². The van der Waals surface area contributed by atoms with Gasteiger partial charge in [-0.15, -0.1) is 0 Å². The number of anilines is 4. The zero-order chi connectivity index (χ0) is 24.2. The Kier molecular flexibility index (Phi) is 9.31. The number of halogens is 1. The molecule has 0 bridgehead atoms. The van der Waals surface area contributed by atoms with E-state index in [0.717, 1.165) is 30.9 Å². The fraction of sp³-hybridized carbons (Fsp3) is 0.348. The van der Waals surface area contributed by atoms with Crippen LogP contribution < -0.4 is 24.6 Å². The van der Waals surface area contributed by atoms with Crippen LogP contribution in [-0.4, -0.2) is 61.0 Å². The van der Waals surface area contributed by atoms with Gasteiger partial charge >= 0.3 is 0 Å². The van der Waals surface area contributed by atoms with Gasteiger partial charge < -0.3 is 29.5 Å². The first-order valence-electron chi connectivity index (χ1n) is 10.7. The van der Waals surface area contributed by atoms with Crippen LogP contribution in [0.1, 0.15) is 11.1 Å². The zero-order valence-electron chi connectivity index (χ0n) is 20.6. The quantitative estimate of drug-likeness (QED) is 0.381. The number of ether oxygens (including phenoxy) is 2. The molecule has 0 saturated carbocycles. The fourth-order valence-corrected chi connectivity index (χ4v) is 4.34. The van der Waals surface area contributed by atoms with Gasteiger partial charge in [-0.25, -0.2) is 9.97 Å². The molecular weight excluding hydrogens is 506 g/mol.